The predicted molar refractivity (Wildman–Crippen MR) is 93.1 cm³/mol. The number of benzene rings is 1. The topological polar surface area (TPSA) is 59.8 Å². The van der Waals surface area contributed by atoms with Crippen LogP contribution in [-0.4, -0.2) is 26.4 Å². The first kappa shape index (κ1) is 17.2. The molecule has 8 heteroatoms. The van der Waals surface area contributed by atoms with Gasteiger partial charge in [0.2, 0.25) is 5.91 Å². The van der Waals surface area contributed by atoms with Crippen molar-refractivity contribution in [1.29, 1.82) is 0 Å². The summed E-state index contributed by atoms with van der Waals surface area (Å²) in [6.45, 7) is 2.96. The van der Waals surface area contributed by atoms with Crippen molar-refractivity contribution >= 4 is 35.0 Å². The lowest BCUT2D eigenvalue weighted by Crippen LogP contribution is -2.15. The maximum atomic E-state index is 13.1. The summed E-state index contributed by atoms with van der Waals surface area (Å²) >= 11 is 7.07. The Morgan fingerprint density at radius 1 is 1.46 bits per heavy atom. The lowest BCUT2D eigenvalue weighted by atomic mass is 10.3. The standard InChI is InChI=1S/C16H18ClFN4OS/c1-2-7-22-15(10-3-4-10)20-21-16(22)24-9-14(23)19-11-5-6-13(18)12(17)8-11/h5-6,8,10H,2-4,7,9H2,1H3,(H,19,23). The average molecular weight is 369 g/mol. The minimum Gasteiger partial charge on any atom is -0.325 e. The minimum atomic E-state index is -0.510. The molecular weight excluding hydrogens is 351 g/mol. The number of rotatable bonds is 7. The summed E-state index contributed by atoms with van der Waals surface area (Å²) < 4.78 is 15.2. The van der Waals surface area contributed by atoms with Gasteiger partial charge >= 0.3 is 0 Å². The van der Waals surface area contributed by atoms with E-state index in [1.165, 1.54) is 42.8 Å². The Labute approximate surface area is 149 Å². The van der Waals surface area contributed by atoms with Crippen molar-refractivity contribution in [3.05, 3.63) is 34.9 Å². The molecule has 1 saturated carbocycles. The maximum Gasteiger partial charge on any atom is 0.234 e. The van der Waals surface area contributed by atoms with Crippen molar-refractivity contribution < 1.29 is 9.18 Å². The van der Waals surface area contributed by atoms with Crippen LogP contribution in [0.4, 0.5) is 10.1 Å². The van der Waals surface area contributed by atoms with Gasteiger partial charge in [0.15, 0.2) is 5.16 Å². The Morgan fingerprint density at radius 2 is 2.25 bits per heavy atom. The number of carbonyl (C=O) groups is 1. The molecule has 1 aromatic heterocycles. The van der Waals surface area contributed by atoms with E-state index in [0.717, 1.165) is 23.9 Å². The number of hydrogen-bond acceptors (Lipinski definition) is 4. The van der Waals surface area contributed by atoms with Gasteiger partial charge in [-0.15, -0.1) is 10.2 Å². The molecule has 3 rings (SSSR count). The van der Waals surface area contributed by atoms with Gasteiger partial charge in [0, 0.05) is 18.2 Å². The number of anilines is 1. The van der Waals surface area contributed by atoms with E-state index in [-0.39, 0.29) is 16.7 Å². The Bertz CT molecular complexity index is 748. The Hall–Kier alpha value is -1.60. The summed E-state index contributed by atoms with van der Waals surface area (Å²) in [6, 6.07) is 4.10. The third kappa shape index (κ3) is 4.08. The summed E-state index contributed by atoms with van der Waals surface area (Å²) in [5.74, 6) is 1.06. The van der Waals surface area contributed by atoms with Gasteiger partial charge in [0.05, 0.1) is 10.8 Å². The zero-order valence-corrected chi connectivity index (χ0v) is 14.8. The van der Waals surface area contributed by atoms with Gasteiger partial charge in [0.25, 0.3) is 0 Å². The predicted octanol–water partition coefficient (Wildman–Crippen LogP) is 4.09. The second-order valence-corrected chi connectivity index (χ2v) is 7.08. The second-order valence-electron chi connectivity index (χ2n) is 5.73. The molecule has 5 nitrogen and oxygen atoms in total. The number of nitrogens with one attached hydrogen (secondary N) is 1. The molecule has 1 N–H and O–H groups in total. The van der Waals surface area contributed by atoms with Crippen LogP contribution in [0.1, 0.15) is 37.9 Å². The Kier molecular flexibility index (Phi) is 5.40. The number of amides is 1. The molecule has 0 aliphatic heterocycles. The first-order valence-electron chi connectivity index (χ1n) is 7.89. The highest BCUT2D eigenvalue weighted by Gasteiger charge is 2.30. The molecule has 0 unspecified atom stereocenters. The summed E-state index contributed by atoms with van der Waals surface area (Å²) in [4.78, 5) is 12.1. The van der Waals surface area contributed by atoms with Crippen molar-refractivity contribution in [2.75, 3.05) is 11.1 Å². The van der Waals surface area contributed by atoms with E-state index >= 15 is 0 Å². The lowest BCUT2D eigenvalue weighted by Gasteiger charge is -2.08. The lowest BCUT2D eigenvalue weighted by molar-refractivity contribution is -0.113. The first-order chi connectivity index (χ1) is 11.6. The summed E-state index contributed by atoms with van der Waals surface area (Å²) in [5.41, 5.74) is 0.473. The number of hydrogen-bond donors (Lipinski definition) is 1. The van der Waals surface area contributed by atoms with Gasteiger partial charge in [-0.25, -0.2) is 4.39 Å². The van der Waals surface area contributed by atoms with Gasteiger partial charge in [0.1, 0.15) is 11.6 Å². The zero-order valence-electron chi connectivity index (χ0n) is 13.3. The third-order valence-electron chi connectivity index (χ3n) is 3.67. The number of aromatic nitrogens is 3. The third-order valence-corrected chi connectivity index (χ3v) is 4.93. The molecule has 0 radical (unpaired) electrons. The van der Waals surface area contributed by atoms with Crippen molar-refractivity contribution in [2.24, 2.45) is 0 Å². The largest absolute Gasteiger partial charge is 0.325 e. The molecule has 0 atom stereocenters. The number of carbonyl (C=O) groups excluding carboxylic acids is 1. The van der Waals surface area contributed by atoms with E-state index < -0.39 is 5.82 Å². The monoisotopic (exact) mass is 368 g/mol. The molecule has 1 aromatic carbocycles. The molecule has 1 aliphatic carbocycles. The van der Waals surface area contributed by atoms with E-state index in [4.69, 9.17) is 11.6 Å². The van der Waals surface area contributed by atoms with E-state index in [9.17, 15) is 9.18 Å². The zero-order chi connectivity index (χ0) is 17.1. The smallest absolute Gasteiger partial charge is 0.234 e. The Morgan fingerprint density at radius 3 is 2.92 bits per heavy atom. The molecule has 1 amide bonds. The Balaban J connectivity index is 1.60. The number of nitrogens with zero attached hydrogens (tertiary/aromatic N) is 3. The first-order valence-corrected chi connectivity index (χ1v) is 9.25. The van der Waals surface area contributed by atoms with Crippen molar-refractivity contribution in [2.45, 2.75) is 43.8 Å². The SMILES string of the molecule is CCCn1c(SCC(=O)Nc2ccc(F)c(Cl)c2)nnc1C1CC1. The second kappa shape index (κ2) is 7.53. The van der Waals surface area contributed by atoms with E-state index in [0.29, 0.717) is 11.6 Å². The molecule has 0 saturated heterocycles. The van der Waals surface area contributed by atoms with Crippen LogP contribution in [0.5, 0.6) is 0 Å². The molecule has 0 bridgehead atoms. The molecule has 128 valence electrons. The quantitative estimate of drug-likeness (QED) is 0.748. The maximum absolute atomic E-state index is 13.1. The molecule has 2 aromatic rings. The summed E-state index contributed by atoms with van der Waals surface area (Å²) in [6.07, 6.45) is 3.32. The van der Waals surface area contributed by atoms with Crippen molar-refractivity contribution in [3.63, 3.8) is 0 Å². The van der Waals surface area contributed by atoms with Crippen LogP contribution in [0.3, 0.4) is 0 Å². The van der Waals surface area contributed by atoms with Gasteiger partial charge < -0.3 is 9.88 Å². The highest BCUT2D eigenvalue weighted by Crippen LogP contribution is 2.40. The fourth-order valence-electron chi connectivity index (χ4n) is 2.39. The van der Waals surface area contributed by atoms with Crippen LogP contribution in [0.25, 0.3) is 0 Å². The fraction of sp³-hybridized carbons (Fsp3) is 0.438. The highest BCUT2D eigenvalue weighted by molar-refractivity contribution is 7.99. The average Bonchev–Trinajstić information content (AvgIpc) is 3.32. The molecule has 0 spiro atoms. The van der Waals surface area contributed by atoms with Crippen LogP contribution in [0.15, 0.2) is 23.4 Å². The molecule has 1 aliphatic rings. The van der Waals surface area contributed by atoms with Crippen LogP contribution in [0.2, 0.25) is 5.02 Å². The number of thioether (sulfide) groups is 1. The normalized spacial score (nSPS) is 14.0. The van der Waals surface area contributed by atoms with E-state index in [1.54, 1.807) is 0 Å². The molecule has 24 heavy (non-hydrogen) atoms. The van der Waals surface area contributed by atoms with Gasteiger partial charge in [-0.05, 0) is 37.5 Å². The van der Waals surface area contributed by atoms with E-state index in [1.807, 2.05) is 0 Å². The summed E-state index contributed by atoms with van der Waals surface area (Å²) in [7, 11) is 0. The van der Waals surface area contributed by atoms with Crippen molar-refractivity contribution in [3.8, 4) is 0 Å². The molecule has 1 heterocycles. The van der Waals surface area contributed by atoms with Gasteiger partial charge in [-0.3, -0.25) is 4.79 Å². The number of halogens is 2. The van der Waals surface area contributed by atoms with Crippen LogP contribution < -0.4 is 5.32 Å². The summed E-state index contributed by atoms with van der Waals surface area (Å²) in [5, 5.41) is 12.0. The fourth-order valence-corrected chi connectivity index (χ4v) is 3.34. The van der Waals surface area contributed by atoms with Crippen LogP contribution >= 0.6 is 23.4 Å². The van der Waals surface area contributed by atoms with Crippen LogP contribution in [-0.2, 0) is 11.3 Å². The molecular formula is C16H18ClFN4OS. The molecule has 1 fully saturated rings. The minimum absolute atomic E-state index is 0.0165. The van der Waals surface area contributed by atoms with E-state index in [2.05, 4.69) is 27.0 Å². The van der Waals surface area contributed by atoms with Crippen LogP contribution in [0, 0.1) is 5.82 Å². The highest BCUT2D eigenvalue weighted by atomic mass is 35.5. The van der Waals surface area contributed by atoms with Gasteiger partial charge in [-0.2, -0.15) is 0 Å². The van der Waals surface area contributed by atoms with Crippen molar-refractivity contribution in [1.82, 2.24) is 14.8 Å². The van der Waals surface area contributed by atoms with Gasteiger partial charge in [-0.1, -0.05) is 30.3 Å².